The minimum absolute atomic E-state index is 0.361. The quantitative estimate of drug-likeness (QED) is 0.719. The van der Waals surface area contributed by atoms with Crippen molar-refractivity contribution in [3.8, 4) is 0 Å². The van der Waals surface area contributed by atoms with Crippen LogP contribution in [0.25, 0.3) is 0 Å². The lowest BCUT2D eigenvalue weighted by Gasteiger charge is -2.54. The van der Waals surface area contributed by atoms with Crippen molar-refractivity contribution in [3.63, 3.8) is 0 Å². The van der Waals surface area contributed by atoms with Gasteiger partial charge >= 0.3 is 6.18 Å². The van der Waals surface area contributed by atoms with Gasteiger partial charge in [0.05, 0.1) is 0 Å². The number of alkyl halides is 3. The summed E-state index contributed by atoms with van der Waals surface area (Å²) < 4.78 is 38.2. The molecular weight excluding hydrogens is 337 g/mol. The summed E-state index contributed by atoms with van der Waals surface area (Å²) in [7, 11) is 0. The average Bonchev–Trinajstić information content (AvgIpc) is 2.39. The number of carbonyl (C=O) groups is 2. The van der Waals surface area contributed by atoms with E-state index < -0.39 is 48.0 Å². The topological polar surface area (TPSA) is 78.4 Å². The van der Waals surface area contributed by atoms with Gasteiger partial charge in [0.1, 0.15) is 11.6 Å². The van der Waals surface area contributed by atoms with Crippen LogP contribution in [0.4, 0.5) is 13.2 Å². The molecule has 1 saturated carbocycles. The Morgan fingerprint density at radius 3 is 2.48 bits per heavy atom. The minimum Gasteiger partial charge on any atom is -0.380 e. The van der Waals surface area contributed by atoms with Crippen LogP contribution >= 0.6 is 11.6 Å². The summed E-state index contributed by atoms with van der Waals surface area (Å²) >= 11 is 5.83. The predicted molar refractivity (Wildman–Crippen MR) is 73.4 cm³/mol. The Balaban J connectivity index is 1.80. The van der Waals surface area contributed by atoms with E-state index in [4.69, 9.17) is 11.6 Å². The van der Waals surface area contributed by atoms with Gasteiger partial charge in [0.25, 0.3) is 0 Å². The Kier molecular flexibility index (Phi) is 3.39. The van der Waals surface area contributed by atoms with E-state index in [-0.39, 0.29) is 0 Å². The number of hydrogen-bond donors (Lipinski definition) is 3. The zero-order valence-electron chi connectivity index (χ0n) is 11.6. The smallest absolute Gasteiger partial charge is 0.380 e. The third-order valence-electron chi connectivity index (χ3n) is 4.23. The second kappa shape index (κ2) is 4.85. The lowest BCUT2D eigenvalue weighted by atomic mass is 9.63. The number of carbonyl (C=O) groups excluding carboxylic acids is 2. The van der Waals surface area contributed by atoms with Crippen molar-refractivity contribution in [1.29, 1.82) is 0 Å². The first-order chi connectivity index (χ1) is 10.6. The van der Waals surface area contributed by atoms with E-state index in [1.165, 1.54) is 6.07 Å². The van der Waals surface area contributed by atoms with Crippen LogP contribution in [0.5, 0.6) is 0 Å². The molecule has 9 heteroatoms. The van der Waals surface area contributed by atoms with Gasteiger partial charge in [-0.1, -0.05) is 23.7 Å². The van der Waals surface area contributed by atoms with Gasteiger partial charge in [-0.15, -0.1) is 0 Å². The maximum absolute atomic E-state index is 12.7. The van der Waals surface area contributed by atoms with Gasteiger partial charge in [0, 0.05) is 17.9 Å². The van der Waals surface area contributed by atoms with Gasteiger partial charge in [-0.2, -0.15) is 13.2 Å². The fraction of sp³-hybridized carbons (Fsp3) is 0.429. The van der Waals surface area contributed by atoms with E-state index in [1.807, 2.05) is 0 Å². The monoisotopic (exact) mass is 348 g/mol. The highest BCUT2D eigenvalue weighted by Crippen LogP contribution is 2.51. The van der Waals surface area contributed by atoms with Gasteiger partial charge in [-0.05, 0) is 17.7 Å². The maximum atomic E-state index is 12.7. The zero-order valence-corrected chi connectivity index (χ0v) is 12.3. The van der Waals surface area contributed by atoms with Crippen molar-refractivity contribution < 1.29 is 27.9 Å². The van der Waals surface area contributed by atoms with E-state index in [0.717, 1.165) is 0 Å². The molecule has 5 nitrogen and oxygen atoms in total. The number of nitrogens with one attached hydrogen (secondary N) is 2. The minimum atomic E-state index is -4.85. The Labute approximate surface area is 133 Å². The van der Waals surface area contributed by atoms with Crippen LogP contribution in [0.1, 0.15) is 24.4 Å². The molecule has 2 aliphatic rings. The Bertz CT molecular complexity index is 686. The average molecular weight is 349 g/mol. The standard InChI is InChI=1S/C14H12ClF3N2O3/c15-8-3-1-2-7(4-8)9-10(21)20-12(11(22)19-9)5-13(23,6-12)14(16,17)18/h1-4,9,23H,5-6H2,(H,19,22)(H,20,21). The van der Waals surface area contributed by atoms with Crippen molar-refractivity contribution >= 4 is 23.4 Å². The molecule has 1 aliphatic carbocycles. The summed E-state index contributed by atoms with van der Waals surface area (Å²) in [4.78, 5) is 24.4. The molecule has 1 unspecified atom stereocenters. The van der Waals surface area contributed by atoms with Gasteiger partial charge < -0.3 is 15.7 Å². The van der Waals surface area contributed by atoms with Gasteiger partial charge in [0.2, 0.25) is 11.8 Å². The first-order valence-electron chi connectivity index (χ1n) is 6.74. The van der Waals surface area contributed by atoms with E-state index in [1.54, 1.807) is 18.2 Å². The van der Waals surface area contributed by atoms with Crippen LogP contribution in [0.3, 0.4) is 0 Å². The molecule has 0 radical (unpaired) electrons. The van der Waals surface area contributed by atoms with Crippen molar-refractivity contribution in [2.24, 2.45) is 0 Å². The number of hydrogen-bond acceptors (Lipinski definition) is 3. The van der Waals surface area contributed by atoms with E-state index in [2.05, 4.69) is 10.6 Å². The molecule has 0 aromatic heterocycles. The van der Waals surface area contributed by atoms with Crippen LogP contribution in [0.2, 0.25) is 5.02 Å². The van der Waals surface area contributed by atoms with Crippen LogP contribution in [-0.4, -0.2) is 34.2 Å². The second-order valence-corrected chi connectivity index (χ2v) is 6.35. The molecule has 1 heterocycles. The molecule has 124 valence electrons. The molecule has 3 N–H and O–H groups in total. The molecule has 23 heavy (non-hydrogen) atoms. The van der Waals surface area contributed by atoms with E-state index >= 15 is 0 Å². The molecule has 1 aromatic carbocycles. The van der Waals surface area contributed by atoms with Crippen molar-refractivity contribution in [2.75, 3.05) is 0 Å². The largest absolute Gasteiger partial charge is 0.417 e. The van der Waals surface area contributed by atoms with Crippen LogP contribution < -0.4 is 10.6 Å². The molecule has 1 aromatic rings. The summed E-state index contributed by atoms with van der Waals surface area (Å²) in [5.41, 5.74) is -4.26. The first kappa shape index (κ1) is 16.1. The summed E-state index contributed by atoms with van der Waals surface area (Å²) in [6.45, 7) is 0. The molecule has 1 aliphatic heterocycles. The fourth-order valence-corrected chi connectivity index (χ4v) is 3.22. The molecule has 1 saturated heterocycles. The van der Waals surface area contributed by atoms with Crippen molar-refractivity contribution in [3.05, 3.63) is 34.9 Å². The number of aliphatic hydroxyl groups is 1. The number of rotatable bonds is 1. The van der Waals surface area contributed by atoms with E-state index in [0.29, 0.717) is 10.6 Å². The Morgan fingerprint density at radius 2 is 1.91 bits per heavy atom. The van der Waals surface area contributed by atoms with E-state index in [9.17, 15) is 27.9 Å². The summed E-state index contributed by atoms with van der Waals surface area (Å²) in [5, 5.41) is 14.6. The third kappa shape index (κ3) is 2.46. The fourth-order valence-electron chi connectivity index (χ4n) is 3.02. The van der Waals surface area contributed by atoms with Crippen molar-refractivity contribution in [1.82, 2.24) is 10.6 Å². The number of benzene rings is 1. The second-order valence-electron chi connectivity index (χ2n) is 5.92. The summed E-state index contributed by atoms with van der Waals surface area (Å²) in [6, 6.07) is 5.20. The lowest BCUT2D eigenvalue weighted by Crippen LogP contribution is -2.78. The lowest BCUT2D eigenvalue weighted by molar-refractivity contribution is -0.302. The third-order valence-corrected chi connectivity index (χ3v) is 4.47. The molecule has 1 spiro atoms. The normalized spacial score (nSPS) is 33.9. The molecule has 0 bridgehead atoms. The highest BCUT2D eigenvalue weighted by Gasteiger charge is 2.71. The molecule has 3 rings (SSSR count). The Hall–Kier alpha value is -1.80. The number of halogens is 4. The van der Waals surface area contributed by atoms with Gasteiger partial charge in [-0.3, -0.25) is 9.59 Å². The van der Waals surface area contributed by atoms with Crippen LogP contribution in [-0.2, 0) is 9.59 Å². The predicted octanol–water partition coefficient (Wildman–Crippen LogP) is 1.45. The van der Waals surface area contributed by atoms with Crippen molar-refractivity contribution in [2.45, 2.75) is 36.2 Å². The highest BCUT2D eigenvalue weighted by molar-refractivity contribution is 6.30. The molecule has 1 atom stereocenters. The highest BCUT2D eigenvalue weighted by atomic mass is 35.5. The number of amides is 2. The SMILES string of the molecule is O=C1NC2(CC(O)(C(F)(F)F)C2)C(=O)NC1c1cccc(Cl)c1. The Morgan fingerprint density at radius 1 is 1.26 bits per heavy atom. The maximum Gasteiger partial charge on any atom is 0.417 e. The first-order valence-corrected chi connectivity index (χ1v) is 7.12. The summed E-state index contributed by atoms with van der Waals surface area (Å²) in [5.74, 6) is -1.40. The molecule has 2 fully saturated rings. The summed E-state index contributed by atoms with van der Waals surface area (Å²) in [6.07, 6.45) is -6.65. The molecular formula is C14H12ClF3N2O3. The zero-order chi connectivity index (χ0) is 17.0. The number of piperazine rings is 1. The van der Waals surface area contributed by atoms with Crippen LogP contribution in [0.15, 0.2) is 24.3 Å². The molecule has 2 amide bonds. The van der Waals surface area contributed by atoms with Crippen LogP contribution in [0, 0.1) is 0 Å². The van der Waals surface area contributed by atoms with Gasteiger partial charge in [-0.25, -0.2) is 0 Å². The van der Waals surface area contributed by atoms with Gasteiger partial charge in [0.15, 0.2) is 5.60 Å².